The van der Waals surface area contributed by atoms with E-state index < -0.39 is 0 Å². The van der Waals surface area contributed by atoms with E-state index in [1.54, 1.807) is 12.3 Å². The molecule has 0 saturated heterocycles. The molecule has 1 atom stereocenters. The van der Waals surface area contributed by atoms with Crippen LogP contribution in [-0.4, -0.2) is 41.5 Å². The summed E-state index contributed by atoms with van der Waals surface area (Å²) in [6.45, 7) is 8.95. The number of rotatable bonds is 6. The third-order valence-electron chi connectivity index (χ3n) is 2.89. The van der Waals surface area contributed by atoms with Crippen molar-refractivity contribution >= 4 is 17.5 Å². The predicted octanol–water partition coefficient (Wildman–Crippen LogP) is 2.13. The lowest BCUT2D eigenvalue weighted by atomic mass is 10.2. The van der Waals surface area contributed by atoms with Crippen molar-refractivity contribution in [1.82, 2.24) is 15.2 Å². The second-order valence-electron chi connectivity index (χ2n) is 4.01. The normalized spacial score (nSPS) is 12.8. The van der Waals surface area contributed by atoms with Crippen LogP contribution in [0.5, 0.6) is 0 Å². The van der Waals surface area contributed by atoms with Crippen LogP contribution in [0.15, 0.2) is 12.3 Å². The van der Waals surface area contributed by atoms with E-state index >= 15 is 0 Å². The molecule has 17 heavy (non-hydrogen) atoms. The summed E-state index contributed by atoms with van der Waals surface area (Å²) in [5.41, 5.74) is 0.502. The van der Waals surface area contributed by atoms with Crippen LogP contribution in [0.25, 0.3) is 0 Å². The van der Waals surface area contributed by atoms with Crippen LogP contribution in [0.4, 0.5) is 0 Å². The van der Waals surface area contributed by atoms with Gasteiger partial charge < -0.3 is 10.3 Å². The van der Waals surface area contributed by atoms with Gasteiger partial charge in [0.1, 0.15) is 5.69 Å². The van der Waals surface area contributed by atoms with Gasteiger partial charge >= 0.3 is 0 Å². The molecule has 1 heterocycles. The zero-order chi connectivity index (χ0) is 12.8. The van der Waals surface area contributed by atoms with Crippen LogP contribution in [0.3, 0.4) is 0 Å². The molecule has 1 rings (SSSR count). The number of nitrogens with zero attached hydrogens (tertiary/aromatic N) is 1. The Morgan fingerprint density at radius 2 is 2.18 bits per heavy atom. The maximum absolute atomic E-state index is 11.7. The van der Waals surface area contributed by atoms with Gasteiger partial charge in [-0.2, -0.15) is 0 Å². The molecule has 0 aliphatic carbocycles. The molecule has 96 valence electrons. The highest BCUT2D eigenvalue weighted by atomic mass is 35.5. The molecule has 0 saturated carbocycles. The maximum atomic E-state index is 11.7. The summed E-state index contributed by atoms with van der Waals surface area (Å²) in [7, 11) is 0. The van der Waals surface area contributed by atoms with Crippen LogP contribution in [0.1, 0.15) is 31.3 Å². The van der Waals surface area contributed by atoms with Crippen molar-refractivity contribution in [2.24, 2.45) is 0 Å². The SMILES string of the molecule is CCN(CC)[C@H](C)CNC(=O)c1cc(Cl)c[nH]1. The number of carbonyl (C=O) groups excluding carboxylic acids is 1. The Kier molecular flexibility index (Phi) is 5.51. The van der Waals surface area contributed by atoms with Crippen molar-refractivity contribution in [2.75, 3.05) is 19.6 Å². The molecule has 0 aliphatic rings. The molecule has 0 radical (unpaired) electrons. The quantitative estimate of drug-likeness (QED) is 0.820. The molecule has 0 aromatic carbocycles. The Balaban J connectivity index is 2.43. The molecule has 1 aromatic heterocycles. The Bertz CT molecular complexity index is 360. The number of aromatic nitrogens is 1. The smallest absolute Gasteiger partial charge is 0.267 e. The van der Waals surface area contributed by atoms with Crippen molar-refractivity contribution in [3.63, 3.8) is 0 Å². The lowest BCUT2D eigenvalue weighted by Crippen LogP contribution is -2.42. The fourth-order valence-corrected chi connectivity index (χ4v) is 1.97. The molecule has 0 spiro atoms. The topological polar surface area (TPSA) is 48.1 Å². The van der Waals surface area contributed by atoms with Crippen LogP contribution in [0, 0.1) is 0 Å². The lowest BCUT2D eigenvalue weighted by Gasteiger charge is -2.26. The van der Waals surface area contributed by atoms with E-state index in [4.69, 9.17) is 11.6 Å². The van der Waals surface area contributed by atoms with Gasteiger partial charge in [-0.3, -0.25) is 9.69 Å². The molecule has 4 nitrogen and oxygen atoms in total. The molecule has 2 N–H and O–H groups in total. The number of hydrogen-bond acceptors (Lipinski definition) is 2. The highest BCUT2D eigenvalue weighted by Gasteiger charge is 2.13. The van der Waals surface area contributed by atoms with Crippen molar-refractivity contribution < 1.29 is 4.79 Å². The van der Waals surface area contributed by atoms with E-state index in [1.807, 2.05) is 0 Å². The summed E-state index contributed by atoms with van der Waals surface area (Å²) in [5, 5.41) is 3.44. The largest absolute Gasteiger partial charge is 0.356 e. The minimum Gasteiger partial charge on any atom is -0.356 e. The van der Waals surface area contributed by atoms with E-state index in [0.29, 0.717) is 23.3 Å². The summed E-state index contributed by atoms with van der Waals surface area (Å²) < 4.78 is 0. The van der Waals surface area contributed by atoms with Gasteiger partial charge in [-0.05, 0) is 26.1 Å². The van der Waals surface area contributed by atoms with Gasteiger partial charge in [0.05, 0.1) is 5.02 Å². The monoisotopic (exact) mass is 257 g/mol. The van der Waals surface area contributed by atoms with Gasteiger partial charge in [0.25, 0.3) is 5.91 Å². The number of aromatic amines is 1. The summed E-state index contributed by atoms with van der Waals surface area (Å²) in [5.74, 6) is -0.115. The number of halogens is 1. The third-order valence-corrected chi connectivity index (χ3v) is 3.10. The number of amides is 1. The fourth-order valence-electron chi connectivity index (χ4n) is 1.81. The van der Waals surface area contributed by atoms with Gasteiger partial charge in [0.2, 0.25) is 0 Å². The zero-order valence-corrected chi connectivity index (χ0v) is 11.3. The average Bonchev–Trinajstić information content (AvgIpc) is 2.74. The first-order chi connectivity index (χ1) is 8.08. The first-order valence-corrected chi connectivity index (χ1v) is 6.32. The van der Waals surface area contributed by atoms with E-state index in [-0.39, 0.29) is 5.91 Å². The Morgan fingerprint density at radius 1 is 1.53 bits per heavy atom. The van der Waals surface area contributed by atoms with Crippen molar-refractivity contribution in [2.45, 2.75) is 26.8 Å². The minimum absolute atomic E-state index is 0.115. The summed E-state index contributed by atoms with van der Waals surface area (Å²) in [6, 6.07) is 1.96. The van der Waals surface area contributed by atoms with Crippen molar-refractivity contribution in [1.29, 1.82) is 0 Å². The molecule has 0 aliphatic heterocycles. The Hall–Kier alpha value is -1.00. The Labute approximate surface area is 107 Å². The van der Waals surface area contributed by atoms with E-state index in [1.165, 1.54) is 0 Å². The second kappa shape index (κ2) is 6.67. The second-order valence-corrected chi connectivity index (χ2v) is 4.45. The highest BCUT2D eigenvalue weighted by Crippen LogP contribution is 2.09. The molecule has 0 bridgehead atoms. The molecule has 0 unspecified atom stereocenters. The number of hydrogen-bond donors (Lipinski definition) is 2. The third kappa shape index (κ3) is 4.06. The van der Waals surface area contributed by atoms with E-state index in [0.717, 1.165) is 13.1 Å². The van der Waals surface area contributed by atoms with Crippen molar-refractivity contribution in [3.8, 4) is 0 Å². The molecule has 1 aromatic rings. The van der Waals surface area contributed by atoms with Crippen LogP contribution >= 0.6 is 11.6 Å². The zero-order valence-electron chi connectivity index (χ0n) is 10.6. The van der Waals surface area contributed by atoms with Gasteiger partial charge in [-0.15, -0.1) is 0 Å². The minimum atomic E-state index is -0.115. The predicted molar refractivity (Wildman–Crippen MR) is 70.5 cm³/mol. The van der Waals surface area contributed by atoms with Crippen LogP contribution in [-0.2, 0) is 0 Å². The van der Waals surface area contributed by atoms with Gasteiger partial charge in [-0.25, -0.2) is 0 Å². The molecule has 0 fully saturated rings. The Morgan fingerprint density at radius 3 is 2.65 bits per heavy atom. The number of carbonyl (C=O) groups is 1. The molecule has 1 amide bonds. The maximum Gasteiger partial charge on any atom is 0.267 e. The summed E-state index contributed by atoms with van der Waals surface area (Å²) in [6.07, 6.45) is 1.60. The van der Waals surface area contributed by atoms with Gasteiger partial charge in [-0.1, -0.05) is 25.4 Å². The number of nitrogens with one attached hydrogen (secondary N) is 2. The number of H-pyrrole nitrogens is 1. The first-order valence-electron chi connectivity index (χ1n) is 5.94. The van der Waals surface area contributed by atoms with E-state index in [9.17, 15) is 4.79 Å². The summed E-state index contributed by atoms with van der Waals surface area (Å²) >= 11 is 5.74. The summed E-state index contributed by atoms with van der Waals surface area (Å²) in [4.78, 5) is 16.9. The standard InChI is InChI=1S/C12H20ClN3O/c1-4-16(5-2)9(3)7-15-12(17)11-6-10(13)8-14-11/h6,8-9,14H,4-5,7H2,1-3H3,(H,15,17)/t9-/m1/s1. The van der Waals surface area contributed by atoms with Crippen LogP contribution < -0.4 is 5.32 Å². The molecular weight excluding hydrogens is 238 g/mol. The first kappa shape index (κ1) is 14.1. The van der Waals surface area contributed by atoms with Crippen molar-refractivity contribution in [3.05, 3.63) is 23.0 Å². The molecular formula is C12H20ClN3O. The average molecular weight is 258 g/mol. The van der Waals surface area contributed by atoms with E-state index in [2.05, 4.69) is 36.0 Å². The van der Waals surface area contributed by atoms with Crippen LogP contribution in [0.2, 0.25) is 5.02 Å². The van der Waals surface area contributed by atoms with Gasteiger partial charge in [0.15, 0.2) is 0 Å². The highest BCUT2D eigenvalue weighted by molar-refractivity contribution is 6.30. The fraction of sp³-hybridized carbons (Fsp3) is 0.583. The lowest BCUT2D eigenvalue weighted by molar-refractivity contribution is 0.0933. The molecule has 5 heteroatoms. The van der Waals surface area contributed by atoms with Gasteiger partial charge in [0, 0.05) is 18.8 Å². The number of likely N-dealkylation sites (N-methyl/N-ethyl adjacent to an activating group) is 1.